The van der Waals surface area contributed by atoms with Crippen molar-refractivity contribution in [2.45, 2.75) is 76.2 Å². The Balaban J connectivity index is 0.000000146. The monoisotopic (exact) mass is 1330 g/mol. The molecule has 14 rings (SSSR count). The highest BCUT2D eigenvalue weighted by atomic mass is 16.5. The zero-order chi connectivity index (χ0) is 71.3. The number of aryl methyl sites for hydroxylation is 6. The lowest BCUT2D eigenvalue weighted by Crippen LogP contribution is -2.06. The van der Waals surface area contributed by atoms with Crippen LogP contribution in [0.4, 0.5) is 0 Å². The number of benzene rings is 11. The average molecular weight is 1330 g/mol. The maximum absolute atomic E-state index is 12.5. The first kappa shape index (κ1) is 68.5. The van der Waals surface area contributed by atoms with Crippen molar-refractivity contribution < 1.29 is 34.4 Å². The Kier molecular flexibility index (Phi) is 19.9. The van der Waals surface area contributed by atoms with E-state index in [9.17, 15) is 29.7 Å². The van der Waals surface area contributed by atoms with E-state index in [0.29, 0.717) is 45.7 Å². The molecule has 3 heterocycles. The summed E-state index contributed by atoms with van der Waals surface area (Å²) >= 11 is 0. The highest BCUT2D eigenvalue weighted by Crippen LogP contribution is 2.44. The Hall–Kier alpha value is -12.5. The Morgan fingerprint density at radius 1 is 0.396 bits per heavy atom. The lowest BCUT2D eigenvalue weighted by Gasteiger charge is -2.14. The number of ketones is 2. The first-order chi connectivity index (χ1) is 48.7. The number of hydrogen-bond donors (Lipinski definition) is 3. The van der Waals surface area contributed by atoms with Crippen LogP contribution in [0.25, 0.3) is 87.9 Å². The summed E-state index contributed by atoms with van der Waals surface area (Å²) in [5.41, 5.74) is 17.8. The number of esters is 1. The zero-order valence-corrected chi connectivity index (χ0v) is 58.5. The number of Topliss-reactive ketones (excluding diaryl/α,β-unsaturated/α-hetero) is 2. The largest absolute Gasteiger partial charge is 0.507 e. The van der Waals surface area contributed by atoms with Crippen molar-refractivity contribution >= 4 is 79.3 Å². The van der Waals surface area contributed by atoms with E-state index in [1.165, 1.54) is 5.56 Å². The second-order valence-corrected chi connectivity index (χ2v) is 25.4. The summed E-state index contributed by atoms with van der Waals surface area (Å²) in [5.74, 6) is 0.162. The van der Waals surface area contributed by atoms with Crippen LogP contribution in [0.5, 0.6) is 17.2 Å². The van der Waals surface area contributed by atoms with Crippen LogP contribution in [-0.4, -0.2) is 72.1 Å². The molecule has 0 spiro atoms. The smallest absolute Gasteiger partial charge is 0.340 e. The number of carbonyl (C=O) groups excluding carboxylic acids is 3. The predicted molar refractivity (Wildman–Crippen MR) is 412 cm³/mol. The molecule has 0 unspecified atom stereocenters. The molecular formula is C88H78N6O7. The zero-order valence-electron chi connectivity index (χ0n) is 58.5. The Bertz CT molecular complexity index is 5560. The molecule has 0 radical (unpaired) electrons. The number of fused-ring (bicyclic) bond motifs is 4. The lowest BCUT2D eigenvalue weighted by molar-refractivity contribution is 0.0527. The molecule has 0 amide bonds. The van der Waals surface area contributed by atoms with Crippen molar-refractivity contribution in [1.29, 1.82) is 0 Å². The predicted octanol–water partition coefficient (Wildman–Crippen LogP) is 20.6. The fourth-order valence-corrected chi connectivity index (χ4v) is 13.5. The van der Waals surface area contributed by atoms with Crippen molar-refractivity contribution in [1.82, 2.24) is 14.0 Å². The molecule has 0 atom stereocenters. The van der Waals surface area contributed by atoms with Crippen LogP contribution in [-0.2, 0) is 4.74 Å². The fraction of sp³-hybridized carbons (Fsp3) is 0.136. The van der Waals surface area contributed by atoms with Gasteiger partial charge in [-0.15, -0.1) is 0 Å². The number of phenols is 3. The van der Waals surface area contributed by atoms with Gasteiger partial charge in [0.25, 0.3) is 0 Å². The number of aromatic nitrogens is 3. The van der Waals surface area contributed by atoms with Gasteiger partial charge in [-0.05, 0) is 184 Å². The second-order valence-electron chi connectivity index (χ2n) is 25.4. The summed E-state index contributed by atoms with van der Waals surface area (Å²) < 4.78 is 10.5. The van der Waals surface area contributed by atoms with Gasteiger partial charge in [0.1, 0.15) is 17.2 Å². The number of phenolic OH excluding ortho intramolecular Hbond substituents is 3. The van der Waals surface area contributed by atoms with Gasteiger partial charge < -0.3 is 20.1 Å². The molecule has 0 fully saturated rings. The lowest BCUT2D eigenvalue weighted by atomic mass is 9.91. The highest BCUT2D eigenvalue weighted by molar-refractivity contribution is 6.15. The van der Waals surface area contributed by atoms with E-state index in [-0.39, 0.29) is 34.8 Å². The van der Waals surface area contributed by atoms with E-state index in [4.69, 9.17) is 9.84 Å². The third-order valence-corrected chi connectivity index (χ3v) is 18.4. The molecular weight excluding hydrogens is 1250 g/mol. The average Bonchev–Trinajstić information content (AvgIpc) is 1.74. The van der Waals surface area contributed by atoms with E-state index in [1.807, 2.05) is 181 Å². The van der Waals surface area contributed by atoms with E-state index >= 15 is 0 Å². The minimum atomic E-state index is -0.382. The number of nitrogens with zero attached hydrogens (tertiary/aromatic N) is 6. The fourth-order valence-electron chi connectivity index (χ4n) is 13.5. The number of carbonyl (C=O) groups is 3. The van der Waals surface area contributed by atoms with Crippen LogP contribution < -0.4 is 0 Å². The SMILES string of the molecule is CC(=O)c1cc(-c2ccc(C)cc2C)n(/N=C/c2cccc(-c3c4ccccc4cc4ccccc34)c2O)c1C.CC(=O)c1cc(C)n(/N=C/c2cccc(-c3c4ccccc4cc4ccccc34)c2O)c1C.CCOC(=O)c1cc(C)n(/N=C/c2cc(C)cc(C)c2O)c1-c1ccccc1. The van der Waals surface area contributed by atoms with Crippen molar-refractivity contribution in [3.8, 4) is 62.0 Å². The molecule has 3 aromatic heterocycles. The van der Waals surface area contributed by atoms with Crippen LogP contribution in [0.2, 0.25) is 0 Å². The van der Waals surface area contributed by atoms with Crippen molar-refractivity contribution in [3.05, 3.63) is 303 Å². The summed E-state index contributed by atoms with van der Waals surface area (Å²) in [6, 6.07) is 74.0. The molecule has 502 valence electrons. The van der Waals surface area contributed by atoms with Gasteiger partial charge in [0, 0.05) is 78.3 Å². The molecule has 0 saturated carbocycles. The van der Waals surface area contributed by atoms with Crippen molar-refractivity contribution in [2.75, 3.05) is 6.61 Å². The summed E-state index contributed by atoms with van der Waals surface area (Å²) in [6.45, 7) is 20.7. The molecule has 14 aromatic rings. The second kappa shape index (κ2) is 29.3. The topological polar surface area (TPSA) is 173 Å². The van der Waals surface area contributed by atoms with Gasteiger partial charge in [0.15, 0.2) is 11.6 Å². The summed E-state index contributed by atoms with van der Waals surface area (Å²) in [6.07, 6.45) is 4.94. The number of para-hydroxylation sites is 2. The molecule has 101 heavy (non-hydrogen) atoms. The van der Waals surface area contributed by atoms with Gasteiger partial charge in [0.05, 0.1) is 47.9 Å². The normalized spacial score (nSPS) is 11.5. The maximum atomic E-state index is 12.5. The first-order valence-corrected chi connectivity index (χ1v) is 33.6. The standard InChI is InChI=1S/C36H30N2O2.C29H24N2O2.C23H24N2O3/c1-22-16-17-29(23(2)18-22)34-20-33(25(4)39)24(3)38(34)37-21-28-12-9-15-32(36(28)40)35-30-13-7-5-10-26(30)19-27-11-6-8-14-31(27)35;1-18-15-27(20(3)32)19(2)31(18)30-17-23-11-8-14-26(29(23)33)28-24-12-6-4-9-21(24)16-22-10-5-7-13-25(22)28;1-5-28-23(27)20-13-17(4)25(21(20)18-9-7-6-8-10-18)24-14-19-12-15(2)11-16(3)22(19)26/h5-21,40H,1-4H3;4-17,33H,1-3H3;6-14,26H,5H2,1-4H3/b37-21+;30-17+;24-14+. The number of aromatic hydroxyl groups is 3. The van der Waals surface area contributed by atoms with Crippen LogP contribution in [0.1, 0.15) is 114 Å². The van der Waals surface area contributed by atoms with Gasteiger partial charge in [-0.25, -0.2) is 18.8 Å². The van der Waals surface area contributed by atoms with E-state index in [0.717, 1.165) is 122 Å². The third-order valence-electron chi connectivity index (χ3n) is 18.4. The minimum absolute atomic E-state index is 0.00913. The first-order valence-electron chi connectivity index (χ1n) is 33.6. The van der Waals surface area contributed by atoms with Crippen LogP contribution in [0, 0.1) is 55.4 Å². The van der Waals surface area contributed by atoms with Gasteiger partial charge in [-0.3, -0.25) is 9.59 Å². The van der Waals surface area contributed by atoms with E-state index in [1.54, 1.807) is 59.5 Å². The molecule has 0 saturated heterocycles. The van der Waals surface area contributed by atoms with Crippen molar-refractivity contribution in [2.24, 2.45) is 15.3 Å². The van der Waals surface area contributed by atoms with Gasteiger partial charge >= 0.3 is 5.97 Å². The summed E-state index contributed by atoms with van der Waals surface area (Å²) in [4.78, 5) is 36.8. The third kappa shape index (κ3) is 13.9. The van der Waals surface area contributed by atoms with Gasteiger partial charge in [-0.2, -0.15) is 15.3 Å². The number of rotatable bonds is 14. The molecule has 0 aliphatic rings. The van der Waals surface area contributed by atoms with Gasteiger partial charge in [-0.1, -0.05) is 181 Å². The Morgan fingerprint density at radius 3 is 1.33 bits per heavy atom. The molecule has 0 aliphatic carbocycles. The number of ether oxygens (including phenoxy) is 1. The quantitative estimate of drug-likeness (QED) is 0.0420. The summed E-state index contributed by atoms with van der Waals surface area (Å²) in [5, 5.41) is 56.1. The molecule has 3 N–H and O–H groups in total. The Labute approximate surface area is 587 Å². The minimum Gasteiger partial charge on any atom is -0.507 e. The van der Waals surface area contributed by atoms with Crippen LogP contribution in [0.3, 0.4) is 0 Å². The van der Waals surface area contributed by atoms with Crippen LogP contribution >= 0.6 is 0 Å². The van der Waals surface area contributed by atoms with Crippen molar-refractivity contribution in [3.63, 3.8) is 0 Å². The molecule has 0 bridgehead atoms. The molecule has 11 aromatic carbocycles. The van der Waals surface area contributed by atoms with E-state index < -0.39 is 0 Å². The molecule has 13 heteroatoms. The highest BCUT2D eigenvalue weighted by Gasteiger charge is 2.24. The van der Waals surface area contributed by atoms with E-state index in [2.05, 4.69) is 103 Å². The van der Waals surface area contributed by atoms with Crippen LogP contribution in [0.15, 0.2) is 240 Å². The Morgan fingerprint density at radius 2 is 0.832 bits per heavy atom. The number of hydrogen-bond acceptors (Lipinski definition) is 10. The maximum Gasteiger partial charge on any atom is 0.340 e. The van der Waals surface area contributed by atoms with Gasteiger partial charge in [0.2, 0.25) is 0 Å². The molecule has 0 aliphatic heterocycles. The summed E-state index contributed by atoms with van der Waals surface area (Å²) in [7, 11) is 0. The molecule has 13 nitrogen and oxygen atoms in total.